The fourth-order valence-electron chi connectivity index (χ4n) is 2.63. The number of hydrogen-bond donors (Lipinski definition) is 1. The van der Waals surface area contributed by atoms with Gasteiger partial charge in [-0.1, -0.05) is 11.6 Å². The Hall–Kier alpha value is -2.18. The average Bonchev–Trinajstić information content (AvgIpc) is 3.11. The van der Waals surface area contributed by atoms with Gasteiger partial charge in [0.15, 0.2) is 0 Å². The molecule has 1 N–H and O–H groups in total. The van der Waals surface area contributed by atoms with E-state index in [1.54, 1.807) is 24.3 Å². The maximum atomic E-state index is 12.5. The molecule has 0 radical (unpaired) electrons. The molecule has 0 spiro atoms. The zero-order valence-corrected chi connectivity index (χ0v) is 16.4. The number of halogens is 1. The van der Waals surface area contributed by atoms with E-state index in [9.17, 15) is 4.79 Å². The molecule has 142 valence electrons. The maximum absolute atomic E-state index is 12.5. The molecule has 2 aromatic rings. The number of likely N-dealkylation sites (N-methyl/N-ethyl adjacent to an activating group) is 1. The van der Waals surface area contributed by atoms with Crippen molar-refractivity contribution in [2.75, 3.05) is 34.3 Å². The number of amides is 2. The van der Waals surface area contributed by atoms with Gasteiger partial charge in [0.25, 0.3) is 0 Å². The Morgan fingerprint density at radius 3 is 2.69 bits per heavy atom. The van der Waals surface area contributed by atoms with Crippen LogP contribution >= 0.6 is 11.6 Å². The number of rotatable bonds is 8. The number of benzene rings is 1. The van der Waals surface area contributed by atoms with Gasteiger partial charge in [0, 0.05) is 24.2 Å². The second-order valence-electron chi connectivity index (χ2n) is 6.22. The lowest BCUT2D eigenvalue weighted by atomic mass is 10.2. The van der Waals surface area contributed by atoms with Gasteiger partial charge in [0.2, 0.25) is 0 Å². The van der Waals surface area contributed by atoms with Gasteiger partial charge in [-0.2, -0.15) is 0 Å². The zero-order chi connectivity index (χ0) is 19.1. The van der Waals surface area contributed by atoms with Gasteiger partial charge in [-0.05, 0) is 51.4 Å². The predicted octanol–water partition coefficient (Wildman–Crippen LogP) is 3.78. The molecule has 26 heavy (non-hydrogen) atoms. The molecule has 0 unspecified atom stereocenters. The van der Waals surface area contributed by atoms with Crippen LogP contribution in [0, 0.1) is 0 Å². The molecule has 0 aliphatic rings. The third-order valence-corrected chi connectivity index (χ3v) is 4.25. The van der Waals surface area contributed by atoms with E-state index in [1.165, 1.54) is 0 Å². The summed E-state index contributed by atoms with van der Waals surface area (Å²) in [6.07, 6.45) is 1.63. The van der Waals surface area contributed by atoms with Crippen LogP contribution in [0.5, 0.6) is 5.75 Å². The van der Waals surface area contributed by atoms with Crippen molar-refractivity contribution in [3.05, 3.63) is 52.9 Å². The van der Waals surface area contributed by atoms with Crippen molar-refractivity contribution in [3.63, 3.8) is 0 Å². The normalized spacial score (nSPS) is 12.1. The third-order valence-electron chi connectivity index (χ3n) is 4.02. The molecular weight excluding hydrogens is 354 g/mol. The minimum Gasteiger partial charge on any atom is -0.494 e. The number of hydrogen-bond acceptors (Lipinski definition) is 4. The molecule has 1 aromatic carbocycles. The van der Waals surface area contributed by atoms with Crippen LogP contribution in [0.3, 0.4) is 0 Å². The summed E-state index contributed by atoms with van der Waals surface area (Å²) in [7, 11) is 5.64. The van der Waals surface area contributed by atoms with E-state index >= 15 is 0 Å². The van der Waals surface area contributed by atoms with Gasteiger partial charge in [0.05, 0.1) is 25.5 Å². The lowest BCUT2D eigenvalue weighted by Gasteiger charge is -2.25. The highest BCUT2D eigenvalue weighted by Crippen LogP contribution is 2.24. The van der Waals surface area contributed by atoms with Crippen molar-refractivity contribution in [1.82, 2.24) is 15.1 Å². The van der Waals surface area contributed by atoms with E-state index in [0.29, 0.717) is 24.7 Å². The van der Waals surface area contributed by atoms with Gasteiger partial charge in [-0.25, -0.2) is 4.79 Å². The topological polar surface area (TPSA) is 58.0 Å². The first-order chi connectivity index (χ1) is 12.4. The summed E-state index contributed by atoms with van der Waals surface area (Å²) in [5, 5.41) is 3.56. The number of ether oxygens (including phenoxy) is 1. The smallest absolute Gasteiger partial charge is 0.317 e. The Kier molecular flexibility index (Phi) is 7.36. The first-order valence-electron chi connectivity index (χ1n) is 8.52. The van der Waals surface area contributed by atoms with Crippen molar-refractivity contribution >= 4 is 17.6 Å². The fraction of sp³-hybridized carbons (Fsp3) is 0.421. The van der Waals surface area contributed by atoms with Gasteiger partial charge in [-0.15, -0.1) is 0 Å². The summed E-state index contributed by atoms with van der Waals surface area (Å²) in [4.78, 5) is 16.1. The van der Waals surface area contributed by atoms with Gasteiger partial charge >= 0.3 is 6.03 Å². The van der Waals surface area contributed by atoms with E-state index in [4.69, 9.17) is 20.8 Å². The summed E-state index contributed by atoms with van der Waals surface area (Å²) < 4.78 is 11.1. The first kappa shape index (κ1) is 20.1. The average molecular weight is 380 g/mol. The summed E-state index contributed by atoms with van der Waals surface area (Å²) in [5.74, 6) is 1.55. The van der Waals surface area contributed by atoms with Crippen molar-refractivity contribution in [1.29, 1.82) is 0 Å². The van der Waals surface area contributed by atoms with Crippen LogP contribution in [0.15, 0.2) is 41.0 Å². The Balaban J connectivity index is 1.98. The number of furan rings is 1. The van der Waals surface area contributed by atoms with Crippen molar-refractivity contribution in [2.45, 2.75) is 19.5 Å². The number of nitrogens with one attached hydrogen (secondary N) is 1. The SMILES string of the molecule is CCOc1ccc(Cl)cc1CN(C)C(=O)NC[C@H](c1ccco1)N(C)C. The molecule has 2 amide bonds. The Labute approximate surface area is 159 Å². The second-order valence-corrected chi connectivity index (χ2v) is 6.66. The molecule has 0 fully saturated rings. The molecule has 1 heterocycles. The number of nitrogens with zero attached hydrogens (tertiary/aromatic N) is 2. The monoisotopic (exact) mass is 379 g/mol. The summed E-state index contributed by atoms with van der Waals surface area (Å²) >= 11 is 6.08. The van der Waals surface area contributed by atoms with Crippen LogP contribution < -0.4 is 10.1 Å². The minimum absolute atomic E-state index is 0.0347. The molecule has 0 aliphatic carbocycles. The molecule has 1 atom stereocenters. The lowest BCUT2D eigenvalue weighted by Crippen LogP contribution is -2.41. The van der Waals surface area contributed by atoms with Crippen LogP contribution in [0.2, 0.25) is 5.02 Å². The highest BCUT2D eigenvalue weighted by Gasteiger charge is 2.19. The summed E-state index contributed by atoms with van der Waals surface area (Å²) in [6.45, 7) is 3.32. The Morgan fingerprint density at radius 1 is 1.31 bits per heavy atom. The van der Waals surface area contributed by atoms with Crippen LogP contribution in [0.4, 0.5) is 4.79 Å². The van der Waals surface area contributed by atoms with Gasteiger partial charge in [0.1, 0.15) is 11.5 Å². The van der Waals surface area contributed by atoms with Crippen molar-refractivity contribution in [2.24, 2.45) is 0 Å². The highest BCUT2D eigenvalue weighted by molar-refractivity contribution is 6.30. The molecule has 6 nitrogen and oxygen atoms in total. The van der Waals surface area contributed by atoms with E-state index in [1.807, 2.05) is 50.2 Å². The van der Waals surface area contributed by atoms with Crippen molar-refractivity contribution in [3.8, 4) is 5.75 Å². The molecule has 2 rings (SSSR count). The molecule has 0 aliphatic heterocycles. The van der Waals surface area contributed by atoms with Gasteiger partial charge in [-0.3, -0.25) is 4.90 Å². The summed E-state index contributed by atoms with van der Waals surface area (Å²) in [6, 6.07) is 8.96. The molecule has 0 saturated carbocycles. The highest BCUT2D eigenvalue weighted by atomic mass is 35.5. The molecule has 7 heteroatoms. The fourth-order valence-corrected chi connectivity index (χ4v) is 2.83. The molecular formula is C19H26ClN3O3. The van der Waals surface area contributed by atoms with Crippen LogP contribution in [0.1, 0.15) is 24.3 Å². The second kappa shape index (κ2) is 9.50. The predicted molar refractivity (Wildman–Crippen MR) is 103 cm³/mol. The van der Waals surface area contributed by atoms with E-state index in [2.05, 4.69) is 5.32 Å². The van der Waals surface area contributed by atoms with E-state index < -0.39 is 0 Å². The number of carbonyl (C=O) groups is 1. The first-order valence-corrected chi connectivity index (χ1v) is 8.90. The number of carbonyl (C=O) groups excluding carboxylic acids is 1. The minimum atomic E-state index is -0.175. The molecule has 0 bridgehead atoms. The third kappa shape index (κ3) is 5.41. The Morgan fingerprint density at radius 2 is 2.08 bits per heavy atom. The number of urea groups is 1. The molecule has 0 saturated heterocycles. The lowest BCUT2D eigenvalue weighted by molar-refractivity contribution is 0.196. The standard InChI is InChI=1S/C19H26ClN3O3/c1-5-25-17-9-8-15(20)11-14(17)13-23(4)19(24)21-12-16(22(2)3)18-7-6-10-26-18/h6-11,16H,5,12-13H2,1-4H3,(H,21,24)/t16-/m1/s1. The largest absolute Gasteiger partial charge is 0.494 e. The van der Waals surface area contributed by atoms with Crippen molar-refractivity contribution < 1.29 is 13.9 Å². The van der Waals surface area contributed by atoms with Crippen LogP contribution in [0.25, 0.3) is 0 Å². The zero-order valence-electron chi connectivity index (χ0n) is 15.7. The Bertz CT molecular complexity index is 704. The van der Waals surface area contributed by atoms with E-state index in [0.717, 1.165) is 17.1 Å². The molecule has 1 aromatic heterocycles. The quantitative estimate of drug-likeness (QED) is 0.758. The van der Waals surface area contributed by atoms with Gasteiger partial charge < -0.3 is 19.4 Å². The van der Waals surface area contributed by atoms with Crippen LogP contribution in [-0.2, 0) is 6.54 Å². The van der Waals surface area contributed by atoms with E-state index in [-0.39, 0.29) is 12.1 Å². The van der Waals surface area contributed by atoms with Crippen LogP contribution in [-0.4, -0.2) is 50.1 Å². The maximum Gasteiger partial charge on any atom is 0.317 e. The summed E-state index contributed by atoms with van der Waals surface area (Å²) in [5.41, 5.74) is 0.868.